The van der Waals surface area contributed by atoms with Crippen LogP contribution in [0.1, 0.15) is 9.75 Å². The summed E-state index contributed by atoms with van der Waals surface area (Å²) >= 11 is 2.23. The van der Waals surface area contributed by atoms with Gasteiger partial charge in [0.25, 0.3) is 11.8 Å². The normalized spacial score (nSPS) is 17.7. The molecule has 0 atom stereocenters. The average molecular weight is 364 g/mol. The van der Waals surface area contributed by atoms with E-state index < -0.39 is 23.4 Å². The van der Waals surface area contributed by atoms with Crippen LogP contribution in [0.5, 0.6) is 0 Å². The molecule has 0 bridgehead atoms. The van der Waals surface area contributed by atoms with Crippen molar-refractivity contribution in [3.63, 3.8) is 0 Å². The molecule has 4 heterocycles. The van der Waals surface area contributed by atoms with Crippen LogP contribution in [-0.2, 0) is 9.59 Å². The zero-order chi connectivity index (χ0) is 17.2. The van der Waals surface area contributed by atoms with E-state index in [1.807, 2.05) is 0 Å². The molecule has 2 amide bonds. The van der Waals surface area contributed by atoms with Crippen LogP contribution in [-0.4, -0.2) is 35.7 Å². The smallest absolute Gasteiger partial charge is 0.261 e. The third kappa shape index (κ3) is 1.81. The number of rotatable bonds is 2. The van der Waals surface area contributed by atoms with Gasteiger partial charge in [-0.25, -0.2) is 8.78 Å². The number of amides is 2. The van der Waals surface area contributed by atoms with E-state index >= 15 is 0 Å². The molecule has 0 saturated heterocycles. The molecule has 24 heavy (non-hydrogen) atoms. The molecular formula is C16H10F2N2O2S2. The first-order chi connectivity index (χ1) is 11.4. The largest absolute Gasteiger partial charge is 0.309 e. The van der Waals surface area contributed by atoms with Gasteiger partial charge in [-0.15, -0.1) is 22.7 Å². The molecule has 0 spiro atoms. The molecule has 8 heteroatoms. The van der Waals surface area contributed by atoms with Crippen LogP contribution in [0.25, 0.3) is 11.4 Å². The van der Waals surface area contributed by atoms with Crippen molar-refractivity contribution in [1.29, 1.82) is 0 Å². The molecule has 0 aliphatic carbocycles. The lowest BCUT2D eigenvalue weighted by atomic mass is 10.1. The van der Waals surface area contributed by atoms with E-state index in [2.05, 4.69) is 0 Å². The van der Waals surface area contributed by atoms with Crippen molar-refractivity contribution < 1.29 is 18.4 Å². The Labute approximate surface area is 143 Å². The number of nitrogens with zero attached hydrogens (tertiary/aromatic N) is 2. The van der Waals surface area contributed by atoms with Crippen LogP contribution in [0, 0.1) is 11.6 Å². The number of hydrogen-bond donors (Lipinski definition) is 0. The van der Waals surface area contributed by atoms with Crippen molar-refractivity contribution >= 4 is 45.9 Å². The topological polar surface area (TPSA) is 40.6 Å². The molecule has 0 aromatic carbocycles. The van der Waals surface area contributed by atoms with Gasteiger partial charge in [0, 0.05) is 14.1 Å². The summed E-state index contributed by atoms with van der Waals surface area (Å²) in [4.78, 5) is 28.4. The fraction of sp³-hybridized carbons (Fsp3) is 0.125. The molecule has 2 aliphatic rings. The summed E-state index contributed by atoms with van der Waals surface area (Å²) in [6.45, 7) is 0. The van der Waals surface area contributed by atoms with Crippen molar-refractivity contribution in [1.82, 2.24) is 9.80 Å². The highest BCUT2D eigenvalue weighted by molar-refractivity contribution is 7.11. The van der Waals surface area contributed by atoms with Crippen LogP contribution in [0.2, 0.25) is 0 Å². The van der Waals surface area contributed by atoms with Crippen molar-refractivity contribution in [2.75, 3.05) is 14.1 Å². The highest BCUT2D eigenvalue weighted by atomic mass is 32.1. The predicted molar refractivity (Wildman–Crippen MR) is 87.9 cm³/mol. The molecule has 4 nitrogen and oxygen atoms in total. The summed E-state index contributed by atoms with van der Waals surface area (Å²) in [5, 5.41) is 3.11. The summed E-state index contributed by atoms with van der Waals surface area (Å²) in [5.74, 6) is -1.86. The van der Waals surface area contributed by atoms with Gasteiger partial charge in [-0.2, -0.15) is 0 Å². The first kappa shape index (κ1) is 15.2. The fourth-order valence-electron chi connectivity index (χ4n) is 2.98. The first-order valence-corrected chi connectivity index (χ1v) is 8.71. The Balaban J connectivity index is 2.05. The fourth-order valence-corrected chi connectivity index (χ4v) is 4.69. The van der Waals surface area contributed by atoms with Gasteiger partial charge < -0.3 is 9.80 Å². The molecule has 2 aromatic rings. The van der Waals surface area contributed by atoms with Crippen LogP contribution < -0.4 is 0 Å². The lowest BCUT2D eigenvalue weighted by molar-refractivity contribution is -0.123. The van der Waals surface area contributed by atoms with E-state index in [1.165, 1.54) is 36.0 Å². The van der Waals surface area contributed by atoms with Crippen LogP contribution in [0.15, 0.2) is 34.0 Å². The summed E-state index contributed by atoms with van der Waals surface area (Å²) in [6.07, 6.45) is 0. The molecule has 0 saturated carbocycles. The Morgan fingerprint density at radius 2 is 1.17 bits per heavy atom. The minimum Gasteiger partial charge on any atom is -0.309 e. The Morgan fingerprint density at radius 1 is 0.792 bits per heavy atom. The maximum atomic E-state index is 14.1. The van der Waals surface area contributed by atoms with Gasteiger partial charge in [0.1, 0.15) is 11.6 Å². The highest BCUT2D eigenvalue weighted by Crippen LogP contribution is 2.47. The number of halogens is 2. The third-order valence-corrected chi connectivity index (χ3v) is 5.89. The van der Waals surface area contributed by atoms with Crippen molar-refractivity contribution in [3.05, 3.63) is 55.4 Å². The minimum absolute atomic E-state index is 0.133. The Hall–Kier alpha value is -2.32. The summed E-state index contributed by atoms with van der Waals surface area (Å²) in [7, 11) is 2.98. The van der Waals surface area contributed by atoms with E-state index in [1.54, 1.807) is 10.8 Å². The zero-order valence-corrected chi connectivity index (χ0v) is 14.2. The number of likely N-dealkylation sites (N-methyl/N-ethyl adjacent to an activating group) is 2. The lowest BCUT2D eigenvalue weighted by Gasteiger charge is -2.18. The standard InChI is InChI=1S/C16H10F2N2O2S2/c1-19-11(13-7(17)3-5-23-13)9-10(15(19)21)12(20(2)16(9)22)14-8(18)4-6-24-14/h3-6H,1-2H3. The molecule has 0 unspecified atom stereocenters. The summed E-state index contributed by atoms with van der Waals surface area (Å²) < 4.78 is 28.1. The van der Waals surface area contributed by atoms with Gasteiger partial charge >= 0.3 is 0 Å². The molecule has 2 aliphatic heterocycles. The quantitative estimate of drug-likeness (QED) is 0.821. The Bertz CT molecular complexity index is 892. The molecule has 4 rings (SSSR count). The first-order valence-electron chi connectivity index (χ1n) is 6.95. The second-order valence-corrected chi connectivity index (χ2v) is 7.20. The van der Waals surface area contributed by atoms with Crippen molar-refractivity contribution in [2.45, 2.75) is 0 Å². The highest BCUT2D eigenvalue weighted by Gasteiger charge is 2.48. The molecule has 0 fully saturated rings. The number of carbonyl (C=O) groups excluding carboxylic acids is 2. The van der Waals surface area contributed by atoms with E-state index in [9.17, 15) is 18.4 Å². The van der Waals surface area contributed by atoms with Gasteiger partial charge in [-0.3, -0.25) is 9.59 Å². The molecular weight excluding hydrogens is 354 g/mol. The van der Waals surface area contributed by atoms with Gasteiger partial charge in [0.2, 0.25) is 0 Å². The molecule has 2 aromatic heterocycles. The number of hydrogen-bond acceptors (Lipinski definition) is 4. The van der Waals surface area contributed by atoms with Gasteiger partial charge in [-0.05, 0) is 22.9 Å². The second kappa shape index (κ2) is 5.09. The Morgan fingerprint density at radius 3 is 1.46 bits per heavy atom. The number of carbonyl (C=O) groups is 2. The SMILES string of the molecule is CN1C(=O)C2=C(c3sccc3F)N(C)C(=O)C2=C1c1sccc1F. The van der Waals surface area contributed by atoms with Crippen LogP contribution in [0.3, 0.4) is 0 Å². The Kier molecular flexibility index (Phi) is 3.23. The second-order valence-electron chi connectivity index (χ2n) is 5.37. The van der Waals surface area contributed by atoms with E-state index in [0.717, 1.165) is 22.7 Å². The van der Waals surface area contributed by atoms with Crippen molar-refractivity contribution in [3.8, 4) is 0 Å². The van der Waals surface area contributed by atoms with Crippen LogP contribution in [0.4, 0.5) is 8.78 Å². The predicted octanol–water partition coefficient (Wildman–Crippen LogP) is 3.15. The summed E-state index contributed by atoms with van der Waals surface area (Å²) in [5.41, 5.74) is 0.751. The maximum absolute atomic E-state index is 14.1. The maximum Gasteiger partial charge on any atom is 0.261 e. The molecule has 122 valence electrons. The van der Waals surface area contributed by atoms with E-state index in [0.29, 0.717) is 0 Å². The average Bonchev–Trinajstić information content (AvgIpc) is 3.26. The van der Waals surface area contributed by atoms with Crippen LogP contribution >= 0.6 is 22.7 Å². The van der Waals surface area contributed by atoms with Gasteiger partial charge in [0.05, 0.1) is 32.3 Å². The van der Waals surface area contributed by atoms with Gasteiger partial charge in [-0.1, -0.05) is 0 Å². The lowest BCUT2D eigenvalue weighted by Crippen LogP contribution is -2.25. The summed E-state index contributed by atoms with van der Waals surface area (Å²) in [6, 6.07) is 2.58. The minimum atomic E-state index is -0.491. The monoisotopic (exact) mass is 364 g/mol. The van der Waals surface area contributed by atoms with E-state index in [4.69, 9.17) is 0 Å². The van der Waals surface area contributed by atoms with E-state index in [-0.39, 0.29) is 32.3 Å². The zero-order valence-electron chi connectivity index (χ0n) is 12.6. The van der Waals surface area contributed by atoms with Gasteiger partial charge in [0.15, 0.2) is 0 Å². The molecule has 0 radical (unpaired) electrons. The third-order valence-electron chi connectivity index (χ3n) is 4.10. The number of thiophene rings is 2. The van der Waals surface area contributed by atoms with Crippen molar-refractivity contribution in [2.24, 2.45) is 0 Å². The molecule has 0 N–H and O–H groups in total. The number of fused-ring (bicyclic) bond motifs is 1.